The lowest BCUT2D eigenvalue weighted by Crippen LogP contribution is -2.18. The maximum absolute atomic E-state index is 12.1. The molecule has 0 aliphatic carbocycles. The van der Waals surface area contributed by atoms with Crippen LogP contribution in [0.2, 0.25) is 0 Å². The van der Waals surface area contributed by atoms with Crippen LogP contribution in [0.15, 0.2) is 61.2 Å². The lowest BCUT2D eigenvalue weighted by molar-refractivity contribution is -0.142. The number of ether oxygens (including phenoxy) is 2. The van der Waals surface area contributed by atoms with Gasteiger partial charge in [-0.3, -0.25) is 4.57 Å². The summed E-state index contributed by atoms with van der Waals surface area (Å²) < 4.78 is 13.4. The predicted octanol–water partition coefficient (Wildman–Crippen LogP) is 4.09. The van der Waals surface area contributed by atoms with Crippen molar-refractivity contribution in [3.05, 3.63) is 77.9 Å². The zero-order valence-corrected chi connectivity index (χ0v) is 20.2. The second kappa shape index (κ2) is 10.7. The average Bonchev–Trinajstić information content (AvgIpc) is 3.55. The number of rotatable bonds is 8. The topological polar surface area (TPSA) is 132 Å². The number of fused-ring (bicyclic) bond motifs is 1. The van der Waals surface area contributed by atoms with Gasteiger partial charge in [0.2, 0.25) is 0 Å². The van der Waals surface area contributed by atoms with E-state index >= 15 is 0 Å². The Morgan fingerprint density at radius 3 is 2.78 bits per heavy atom. The fourth-order valence-electron chi connectivity index (χ4n) is 4.14. The van der Waals surface area contributed by atoms with E-state index < -0.39 is 5.97 Å². The largest absolute Gasteiger partial charge is 0.504 e. The molecular formula is C27H27N5O5. The lowest BCUT2D eigenvalue weighted by atomic mass is 10.1. The van der Waals surface area contributed by atoms with Crippen LogP contribution >= 0.6 is 0 Å². The Morgan fingerprint density at radius 2 is 1.97 bits per heavy atom. The van der Waals surface area contributed by atoms with Crippen molar-refractivity contribution < 1.29 is 24.5 Å². The summed E-state index contributed by atoms with van der Waals surface area (Å²) in [5.41, 5.74) is 4.07. The van der Waals surface area contributed by atoms with Gasteiger partial charge in [-0.1, -0.05) is 35.9 Å². The van der Waals surface area contributed by atoms with Crippen molar-refractivity contribution >= 4 is 29.0 Å². The Bertz CT molecular complexity index is 1430. The lowest BCUT2D eigenvalue weighted by Gasteiger charge is -2.15. The molecule has 5 rings (SSSR count). The summed E-state index contributed by atoms with van der Waals surface area (Å²) in [7, 11) is 0. The molecule has 37 heavy (non-hydrogen) atoms. The van der Waals surface area contributed by atoms with Crippen LogP contribution in [0.1, 0.15) is 35.8 Å². The fraction of sp³-hybridized carbons (Fsp3) is 0.259. The fourth-order valence-corrected chi connectivity index (χ4v) is 4.14. The van der Waals surface area contributed by atoms with Gasteiger partial charge in [0.15, 0.2) is 28.5 Å². The van der Waals surface area contributed by atoms with Crippen LogP contribution in [0.4, 0.5) is 5.82 Å². The van der Waals surface area contributed by atoms with Gasteiger partial charge in [-0.2, -0.15) is 0 Å². The van der Waals surface area contributed by atoms with E-state index in [-0.39, 0.29) is 30.4 Å². The van der Waals surface area contributed by atoms with E-state index in [0.717, 1.165) is 29.5 Å². The van der Waals surface area contributed by atoms with Crippen LogP contribution in [0.3, 0.4) is 0 Å². The first kappa shape index (κ1) is 24.3. The third-order valence-corrected chi connectivity index (χ3v) is 6.15. The van der Waals surface area contributed by atoms with Crippen LogP contribution in [0.25, 0.3) is 17.2 Å². The molecule has 2 aromatic carbocycles. The summed E-state index contributed by atoms with van der Waals surface area (Å²) in [5, 5.41) is 22.4. The minimum Gasteiger partial charge on any atom is -0.504 e. The summed E-state index contributed by atoms with van der Waals surface area (Å²) in [6.45, 7) is 2.55. The molecule has 4 aromatic rings. The molecule has 2 aromatic heterocycles. The number of nitrogens with one attached hydrogen (secondary N) is 1. The van der Waals surface area contributed by atoms with Gasteiger partial charge >= 0.3 is 5.97 Å². The number of anilines is 1. The van der Waals surface area contributed by atoms with Crippen LogP contribution in [0.5, 0.6) is 11.5 Å². The first-order valence-electron chi connectivity index (χ1n) is 12.0. The summed E-state index contributed by atoms with van der Waals surface area (Å²) in [5.74, 6) is -0.223. The molecule has 0 saturated carbocycles. The van der Waals surface area contributed by atoms with Crippen molar-refractivity contribution in [3.63, 3.8) is 0 Å². The number of benzene rings is 2. The van der Waals surface area contributed by atoms with Crippen molar-refractivity contribution in [2.24, 2.45) is 0 Å². The summed E-state index contributed by atoms with van der Waals surface area (Å²) in [6, 6.07) is 12.5. The number of hydrogen-bond acceptors (Lipinski definition) is 9. The van der Waals surface area contributed by atoms with E-state index in [9.17, 15) is 15.0 Å². The molecule has 0 amide bonds. The second-order valence-electron chi connectivity index (χ2n) is 8.89. The van der Waals surface area contributed by atoms with Crippen molar-refractivity contribution in [1.29, 1.82) is 0 Å². The van der Waals surface area contributed by atoms with Gasteiger partial charge in [0, 0.05) is 12.6 Å². The number of hydrogen-bond donors (Lipinski definition) is 3. The summed E-state index contributed by atoms with van der Waals surface area (Å²) >= 11 is 0. The molecule has 3 heterocycles. The first-order valence-corrected chi connectivity index (χ1v) is 12.0. The SMILES string of the molecule is Cc1ccc(/C=C/C(=O)OC[C@@H]2CC[C@H](n3cnc4c(NCc5ccc(O)c(O)c5)ncnc43)O2)cc1. The molecule has 0 radical (unpaired) electrons. The number of esters is 1. The molecule has 0 unspecified atom stereocenters. The average molecular weight is 502 g/mol. The number of nitrogens with zero attached hydrogens (tertiary/aromatic N) is 4. The van der Waals surface area contributed by atoms with E-state index in [1.54, 1.807) is 18.5 Å². The molecule has 0 bridgehead atoms. The highest BCUT2D eigenvalue weighted by Crippen LogP contribution is 2.32. The normalized spacial score (nSPS) is 17.4. The third-order valence-electron chi connectivity index (χ3n) is 6.15. The standard InChI is InChI=1S/C27H27N5O5/c1-17-2-4-18(5-3-17)7-11-24(35)36-14-20-8-10-23(37-20)32-16-31-25-26(29-15-30-27(25)32)28-13-19-6-9-21(33)22(34)12-19/h2-7,9,11-12,15-16,20,23,33-34H,8,10,13-14H2,1H3,(H,28,29,30)/b11-7+/t20-,23+/m0/s1. The highest BCUT2D eigenvalue weighted by molar-refractivity contribution is 5.87. The summed E-state index contributed by atoms with van der Waals surface area (Å²) in [6.07, 6.45) is 7.23. The Morgan fingerprint density at radius 1 is 1.14 bits per heavy atom. The third kappa shape index (κ3) is 5.70. The highest BCUT2D eigenvalue weighted by Gasteiger charge is 2.29. The molecule has 2 atom stereocenters. The Kier molecular flexibility index (Phi) is 7.00. The van der Waals surface area contributed by atoms with E-state index in [2.05, 4.69) is 20.3 Å². The van der Waals surface area contributed by atoms with Crippen molar-refractivity contribution in [1.82, 2.24) is 19.5 Å². The zero-order chi connectivity index (χ0) is 25.8. The number of aromatic nitrogens is 4. The van der Waals surface area contributed by atoms with Gasteiger partial charge in [-0.25, -0.2) is 19.7 Å². The zero-order valence-electron chi connectivity index (χ0n) is 20.2. The number of imidazole rings is 1. The van der Waals surface area contributed by atoms with Crippen LogP contribution in [0, 0.1) is 6.92 Å². The van der Waals surface area contributed by atoms with Gasteiger partial charge in [0.1, 0.15) is 19.2 Å². The van der Waals surface area contributed by atoms with Gasteiger partial charge in [-0.05, 0) is 49.1 Å². The van der Waals surface area contributed by atoms with Gasteiger partial charge in [0.25, 0.3) is 0 Å². The quantitative estimate of drug-likeness (QED) is 0.185. The van der Waals surface area contributed by atoms with Crippen LogP contribution < -0.4 is 5.32 Å². The van der Waals surface area contributed by atoms with Crippen molar-refractivity contribution in [2.75, 3.05) is 11.9 Å². The number of aryl methyl sites for hydroxylation is 1. The molecule has 1 aliphatic heterocycles. The Balaban J connectivity index is 1.17. The number of carbonyl (C=O) groups is 1. The molecule has 190 valence electrons. The molecule has 0 spiro atoms. The number of phenols is 2. The minimum atomic E-state index is -0.411. The maximum Gasteiger partial charge on any atom is 0.330 e. The maximum atomic E-state index is 12.1. The number of aromatic hydroxyl groups is 2. The molecule has 1 fully saturated rings. The van der Waals surface area contributed by atoms with E-state index in [4.69, 9.17) is 9.47 Å². The molecular weight excluding hydrogens is 474 g/mol. The second-order valence-corrected chi connectivity index (χ2v) is 8.89. The highest BCUT2D eigenvalue weighted by atomic mass is 16.6. The van der Waals surface area contributed by atoms with Crippen molar-refractivity contribution in [3.8, 4) is 11.5 Å². The minimum absolute atomic E-state index is 0.168. The molecule has 1 saturated heterocycles. The first-order chi connectivity index (χ1) is 18.0. The molecule has 10 nitrogen and oxygen atoms in total. The Hall–Kier alpha value is -4.44. The monoisotopic (exact) mass is 501 g/mol. The predicted molar refractivity (Wildman–Crippen MR) is 137 cm³/mol. The van der Waals surface area contributed by atoms with Crippen LogP contribution in [-0.4, -0.2) is 48.4 Å². The van der Waals surface area contributed by atoms with E-state index in [0.29, 0.717) is 23.5 Å². The number of carbonyl (C=O) groups excluding carboxylic acids is 1. The molecule has 3 N–H and O–H groups in total. The van der Waals surface area contributed by atoms with E-state index in [1.165, 1.54) is 24.5 Å². The number of phenolic OH excluding ortho intramolecular Hbond substituents is 2. The van der Waals surface area contributed by atoms with Gasteiger partial charge < -0.3 is 25.0 Å². The smallest absolute Gasteiger partial charge is 0.330 e. The van der Waals surface area contributed by atoms with Gasteiger partial charge in [-0.15, -0.1) is 0 Å². The van der Waals surface area contributed by atoms with E-state index in [1.807, 2.05) is 35.8 Å². The van der Waals surface area contributed by atoms with Crippen molar-refractivity contribution in [2.45, 2.75) is 38.6 Å². The molecule has 10 heteroatoms. The summed E-state index contributed by atoms with van der Waals surface area (Å²) in [4.78, 5) is 25.3. The van der Waals surface area contributed by atoms with Crippen LogP contribution in [-0.2, 0) is 20.8 Å². The molecule has 1 aliphatic rings. The van der Waals surface area contributed by atoms with Gasteiger partial charge in [0.05, 0.1) is 12.4 Å². The Labute approximate surface area is 213 Å².